The Morgan fingerprint density at radius 2 is 2.08 bits per heavy atom. The van der Waals surface area contributed by atoms with Crippen LogP contribution in [0.3, 0.4) is 0 Å². The monoisotopic (exact) mass is 337 g/mol. The molecule has 0 saturated carbocycles. The van der Waals surface area contributed by atoms with Gasteiger partial charge >= 0.3 is 0 Å². The van der Waals surface area contributed by atoms with Crippen molar-refractivity contribution in [2.24, 2.45) is 5.92 Å². The Balaban J connectivity index is 1.49. The summed E-state index contributed by atoms with van der Waals surface area (Å²) in [4.78, 5) is 11.7. The topological polar surface area (TPSA) is 38.4 Å². The Morgan fingerprint density at radius 3 is 2.88 bits per heavy atom. The molecule has 1 saturated heterocycles. The highest BCUT2D eigenvalue weighted by Crippen LogP contribution is 2.22. The van der Waals surface area contributed by atoms with E-state index >= 15 is 0 Å². The number of imidazole rings is 2. The number of hydrogen-bond donors (Lipinski definition) is 0. The van der Waals surface area contributed by atoms with Crippen molar-refractivity contribution in [1.82, 2.24) is 23.8 Å². The zero-order valence-electron chi connectivity index (χ0n) is 15.4. The van der Waals surface area contributed by atoms with E-state index in [0.29, 0.717) is 5.92 Å². The van der Waals surface area contributed by atoms with Gasteiger partial charge in [-0.15, -0.1) is 0 Å². The molecule has 1 atom stereocenters. The van der Waals surface area contributed by atoms with Gasteiger partial charge in [-0.05, 0) is 63.8 Å². The Labute approximate surface area is 149 Å². The number of piperidine rings is 1. The maximum atomic E-state index is 4.75. The Hall–Kier alpha value is -2.14. The predicted molar refractivity (Wildman–Crippen MR) is 99.6 cm³/mol. The Bertz CT molecular complexity index is 875. The first-order valence-corrected chi connectivity index (χ1v) is 9.24. The van der Waals surface area contributed by atoms with Crippen LogP contribution in [0.1, 0.15) is 35.6 Å². The molecular formula is C20H27N5. The molecule has 1 unspecified atom stereocenters. The van der Waals surface area contributed by atoms with Crippen LogP contribution >= 0.6 is 0 Å². The highest BCUT2D eigenvalue weighted by Gasteiger charge is 2.22. The fourth-order valence-electron chi connectivity index (χ4n) is 4.04. The van der Waals surface area contributed by atoms with Gasteiger partial charge in [0.25, 0.3) is 0 Å². The molecule has 1 fully saturated rings. The molecule has 5 heteroatoms. The summed E-state index contributed by atoms with van der Waals surface area (Å²) in [6.45, 7) is 10.7. The predicted octanol–water partition coefficient (Wildman–Crippen LogP) is 3.37. The first kappa shape index (κ1) is 16.3. The van der Waals surface area contributed by atoms with Crippen molar-refractivity contribution in [3.63, 3.8) is 0 Å². The van der Waals surface area contributed by atoms with Crippen molar-refractivity contribution in [3.05, 3.63) is 53.5 Å². The molecule has 4 heterocycles. The fraction of sp³-hybridized carbons (Fsp3) is 0.500. The number of nitrogens with zero attached hydrogens (tertiary/aromatic N) is 5. The van der Waals surface area contributed by atoms with Crippen LogP contribution in [0, 0.1) is 26.7 Å². The molecule has 0 amide bonds. The van der Waals surface area contributed by atoms with Crippen LogP contribution in [0.2, 0.25) is 0 Å². The molecule has 0 aromatic carbocycles. The average molecular weight is 337 g/mol. The van der Waals surface area contributed by atoms with Gasteiger partial charge < -0.3 is 8.97 Å². The lowest BCUT2D eigenvalue weighted by Crippen LogP contribution is -2.37. The van der Waals surface area contributed by atoms with E-state index in [1.807, 2.05) is 6.20 Å². The second-order valence-corrected chi connectivity index (χ2v) is 7.45. The third-order valence-corrected chi connectivity index (χ3v) is 5.44. The number of aryl methyl sites for hydroxylation is 3. The maximum Gasteiger partial charge on any atom is 0.137 e. The van der Waals surface area contributed by atoms with Crippen molar-refractivity contribution in [2.45, 2.75) is 46.7 Å². The maximum absolute atomic E-state index is 4.75. The Morgan fingerprint density at radius 1 is 1.20 bits per heavy atom. The minimum atomic E-state index is 0.698. The summed E-state index contributed by atoms with van der Waals surface area (Å²) < 4.78 is 4.54. The van der Waals surface area contributed by atoms with Gasteiger partial charge in [0, 0.05) is 38.2 Å². The van der Waals surface area contributed by atoms with Crippen LogP contribution in [-0.2, 0) is 13.1 Å². The van der Waals surface area contributed by atoms with E-state index in [0.717, 1.165) is 36.8 Å². The highest BCUT2D eigenvalue weighted by atomic mass is 15.2. The van der Waals surface area contributed by atoms with Gasteiger partial charge in [-0.1, -0.05) is 0 Å². The zero-order valence-corrected chi connectivity index (χ0v) is 15.4. The van der Waals surface area contributed by atoms with Gasteiger partial charge in [0.2, 0.25) is 0 Å². The van der Waals surface area contributed by atoms with E-state index in [2.05, 4.69) is 64.1 Å². The lowest BCUT2D eigenvalue weighted by Gasteiger charge is -2.33. The first-order chi connectivity index (χ1) is 12.1. The van der Waals surface area contributed by atoms with Gasteiger partial charge in [0.1, 0.15) is 11.5 Å². The quantitative estimate of drug-likeness (QED) is 0.733. The summed E-state index contributed by atoms with van der Waals surface area (Å²) in [7, 11) is 0. The SMILES string of the molecule is Cc1ccn2c(CN3CCCC(Cn4ccnc4C)C3)c(C)nc2c1. The molecule has 4 rings (SSSR count). The van der Waals surface area contributed by atoms with Crippen molar-refractivity contribution < 1.29 is 0 Å². The van der Waals surface area contributed by atoms with Crippen LogP contribution in [-0.4, -0.2) is 36.9 Å². The van der Waals surface area contributed by atoms with Gasteiger partial charge in [-0.25, -0.2) is 9.97 Å². The number of likely N-dealkylation sites (tertiary alicyclic amines) is 1. The molecule has 3 aromatic rings. The normalized spacial score (nSPS) is 18.9. The molecule has 0 radical (unpaired) electrons. The third kappa shape index (κ3) is 3.33. The molecule has 0 N–H and O–H groups in total. The summed E-state index contributed by atoms with van der Waals surface area (Å²) in [6.07, 6.45) is 8.74. The van der Waals surface area contributed by atoms with Crippen LogP contribution in [0.25, 0.3) is 5.65 Å². The molecule has 25 heavy (non-hydrogen) atoms. The third-order valence-electron chi connectivity index (χ3n) is 5.44. The molecular weight excluding hydrogens is 310 g/mol. The van der Waals surface area contributed by atoms with Crippen LogP contribution < -0.4 is 0 Å². The van der Waals surface area contributed by atoms with Gasteiger partial charge in [0.15, 0.2) is 0 Å². The molecule has 3 aromatic heterocycles. The number of rotatable bonds is 4. The van der Waals surface area contributed by atoms with Crippen molar-refractivity contribution in [2.75, 3.05) is 13.1 Å². The second kappa shape index (κ2) is 6.64. The van der Waals surface area contributed by atoms with E-state index in [4.69, 9.17) is 4.98 Å². The molecule has 1 aliphatic rings. The average Bonchev–Trinajstić information content (AvgIpc) is 3.11. The lowest BCUT2D eigenvalue weighted by atomic mass is 9.97. The van der Waals surface area contributed by atoms with Crippen LogP contribution in [0.4, 0.5) is 0 Å². The zero-order chi connectivity index (χ0) is 17.4. The lowest BCUT2D eigenvalue weighted by molar-refractivity contribution is 0.153. The smallest absolute Gasteiger partial charge is 0.137 e. The van der Waals surface area contributed by atoms with Crippen LogP contribution in [0.15, 0.2) is 30.7 Å². The van der Waals surface area contributed by atoms with Gasteiger partial charge in [-0.3, -0.25) is 4.90 Å². The van der Waals surface area contributed by atoms with Crippen molar-refractivity contribution >= 4 is 5.65 Å². The summed E-state index contributed by atoms with van der Waals surface area (Å²) >= 11 is 0. The number of pyridine rings is 1. The van der Waals surface area contributed by atoms with E-state index in [9.17, 15) is 0 Å². The highest BCUT2D eigenvalue weighted by molar-refractivity contribution is 5.45. The number of fused-ring (bicyclic) bond motifs is 1. The standard InChI is InChI=1S/C20H27N5/c1-15-6-9-25-19(16(2)22-20(25)11-15)14-23-8-4-5-18(12-23)13-24-10-7-21-17(24)3/h6-7,9-11,18H,4-5,8,12-14H2,1-3H3. The minimum Gasteiger partial charge on any atom is -0.335 e. The van der Waals surface area contributed by atoms with Crippen LogP contribution in [0.5, 0.6) is 0 Å². The molecule has 1 aliphatic heterocycles. The molecule has 132 valence electrons. The summed E-state index contributed by atoms with van der Waals surface area (Å²) in [5.41, 5.74) is 4.81. The van der Waals surface area contributed by atoms with Gasteiger partial charge in [0.05, 0.1) is 11.4 Å². The molecule has 0 aliphatic carbocycles. The Kier molecular flexibility index (Phi) is 4.34. The van der Waals surface area contributed by atoms with E-state index in [-0.39, 0.29) is 0 Å². The first-order valence-electron chi connectivity index (χ1n) is 9.24. The minimum absolute atomic E-state index is 0.698. The van der Waals surface area contributed by atoms with Gasteiger partial charge in [-0.2, -0.15) is 0 Å². The molecule has 0 spiro atoms. The van der Waals surface area contributed by atoms with E-state index < -0.39 is 0 Å². The summed E-state index contributed by atoms with van der Waals surface area (Å²) in [5, 5.41) is 0. The van der Waals surface area contributed by atoms with Crippen molar-refractivity contribution in [3.8, 4) is 0 Å². The largest absolute Gasteiger partial charge is 0.335 e. The van der Waals surface area contributed by atoms with E-state index in [1.165, 1.54) is 30.6 Å². The molecule has 0 bridgehead atoms. The molecule has 5 nitrogen and oxygen atoms in total. The fourth-order valence-corrected chi connectivity index (χ4v) is 4.04. The van der Waals surface area contributed by atoms with E-state index in [1.54, 1.807) is 0 Å². The second-order valence-electron chi connectivity index (χ2n) is 7.45. The number of aromatic nitrogens is 4. The summed E-state index contributed by atoms with van der Waals surface area (Å²) in [6, 6.07) is 4.33. The van der Waals surface area contributed by atoms with Crippen molar-refractivity contribution in [1.29, 1.82) is 0 Å². The summed E-state index contributed by atoms with van der Waals surface area (Å²) in [5.74, 6) is 1.81. The number of hydrogen-bond acceptors (Lipinski definition) is 3.